The molecule has 24 heavy (non-hydrogen) atoms. The van der Waals surface area contributed by atoms with Crippen molar-refractivity contribution in [3.05, 3.63) is 18.2 Å². The van der Waals surface area contributed by atoms with E-state index in [2.05, 4.69) is 10.2 Å². The van der Waals surface area contributed by atoms with Gasteiger partial charge in [-0.15, -0.1) is 0 Å². The molecule has 1 spiro atoms. The van der Waals surface area contributed by atoms with E-state index in [0.29, 0.717) is 13.0 Å². The number of nitrogens with one attached hydrogen (secondary N) is 1. The van der Waals surface area contributed by atoms with Gasteiger partial charge in [-0.3, -0.25) is 14.9 Å². The fraction of sp³-hybridized carbons (Fsp3) is 0.471. The van der Waals surface area contributed by atoms with E-state index >= 15 is 0 Å². The molecule has 6 nitrogen and oxygen atoms in total. The Morgan fingerprint density at radius 3 is 3.04 bits per heavy atom. The first-order valence-corrected chi connectivity index (χ1v) is 8.95. The molecule has 1 atom stereocenters. The number of imide groups is 1. The number of nitrogens with zero attached hydrogens (tertiary/aromatic N) is 2. The Kier molecular flexibility index (Phi) is 3.68. The van der Waals surface area contributed by atoms with E-state index in [4.69, 9.17) is 9.72 Å². The van der Waals surface area contributed by atoms with Gasteiger partial charge in [0.1, 0.15) is 5.75 Å². The van der Waals surface area contributed by atoms with Crippen LogP contribution in [0.4, 0.5) is 5.13 Å². The highest BCUT2D eigenvalue weighted by atomic mass is 32.1. The first-order chi connectivity index (χ1) is 11.6. The molecule has 1 aromatic heterocycles. The van der Waals surface area contributed by atoms with E-state index < -0.39 is 5.41 Å². The topological polar surface area (TPSA) is 71.5 Å². The van der Waals surface area contributed by atoms with Gasteiger partial charge in [-0.1, -0.05) is 11.3 Å². The predicted molar refractivity (Wildman–Crippen MR) is 92.4 cm³/mol. The number of amides is 2. The molecule has 2 fully saturated rings. The maximum absolute atomic E-state index is 12.5. The van der Waals surface area contributed by atoms with Crippen molar-refractivity contribution in [2.45, 2.75) is 25.7 Å². The van der Waals surface area contributed by atoms with Crippen molar-refractivity contribution in [3.8, 4) is 5.75 Å². The van der Waals surface area contributed by atoms with Crippen LogP contribution in [0, 0.1) is 5.41 Å². The van der Waals surface area contributed by atoms with Crippen LogP contribution in [0.1, 0.15) is 25.7 Å². The lowest BCUT2D eigenvalue weighted by molar-refractivity contribution is -0.134. The van der Waals surface area contributed by atoms with Crippen LogP contribution in [0.2, 0.25) is 0 Å². The third-order valence-corrected chi connectivity index (χ3v) is 6.08. The summed E-state index contributed by atoms with van der Waals surface area (Å²) in [6.07, 6.45) is 2.74. The van der Waals surface area contributed by atoms with Gasteiger partial charge in [0, 0.05) is 19.5 Å². The normalized spacial score (nSPS) is 24.5. The number of benzene rings is 1. The van der Waals surface area contributed by atoms with Crippen LogP contribution >= 0.6 is 11.3 Å². The zero-order valence-corrected chi connectivity index (χ0v) is 14.3. The molecular weight excluding hydrogens is 326 g/mol. The van der Waals surface area contributed by atoms with Crippen molar-refractivity contribution in [1.29, 1.82) is 0 Å². The molecule has 1 unspecified atom stereocenters. The van der Waals surface area contributed by atoms with Crippen molar-refractivity contribution in [2.24, 2.45) is 5.41 Å². The van der Waals surface area contributed by atoms with Crippen molar-refractivity contribution >= 4 is 38.5 Å². The SMILES string of the molecule is COc1ccc2nc(N3CCC4(CCCC(=O)NC4=O)C3)sc2c1. The Morgan fingerprint density at radius 2 is 2.21 bits per heavy atom. The molecule has 126 valence electrons. The fourth-order valence-corrected chi connectivity index (χ4v) is 4.62. The number of fused-ring (bicyclic) bond motifs is 1. The van der Waals surface area contributed by atoms with Gasteiger partial charge in [-0.25, -0.2) is 4.98 Å². The number of hydrogen-bond acceptors (Lipinski definition) is 6. The summed E-state index contributed by atoms with van der Waals surface area (Å²) in [6.45, 7) is 1.42. The maximum Gasteiger partial charge on any atom is 0.234 e. The third-order valence-electron chi connectivity index (χ3n) is 5.00. The molecule has 7 heteroatoms. The Bertz CT molecular complexity index is 819. The molecule has 4 rings (SSSR count). The quantitative estimate of drug-likeness (QED) is 0.846. The van der Waals surface area contributed by atoms with E-state index in [1.165, 1.54) is 0 Å². The van der Waals surface area contributed by atoms with E-state index in [9.17, 15) is 9.59 Å². The van der Waals surface area contributed by atoms with E-state index in [0.717, 1.165) is 46.9 Å². The number of thiazole rings is 1. The summed E-state index contributed by atoms with van der Waals surface area (Å²) in [6, 6.07) is 5.85. The monoisotopic (exact) mass is 345 g/mol. The van der Waals surface area contributed by atoms with Crippen LogP contribution in [0.5, 0.6) is 5.75 Å². The number of aromatic nitrogens is 1. The number of methoxy groups -OCH3 is 1. The van der Waals surface area contributed by atoms with Crippen LogP contribution < -0.4 is 15.0 Å². The van der Waals surface area contributed by atoms with Crippen molar-refractivity contribution < 1.29 is 14.3 Å². The molecule has 1 N–H and O–H groups in total. The summed E-state index contributed by atoms with van der Waals surface area (Å²) in [7, 11) is 1.65. The molecule has 1 aromatic carbocycles. The zero-order chi connectivity index (χ0) is 16.7. The minimum absolute atomic E-state index is 0.115. The van der Waals surface area contributed by atoms with Gasteiger partial charge in [0.25, 0.3) is 0 Å². The second-order valence-corrected chi connectivity index (χ2v) is 7.52. The molecular formula is C17H19N3O3S. The number of anilines is 1. The summed E-state index contributed by atoms with van der Waals surface area (Å²) in [5.41, 5.74) is 0.485. The predicted octanol–water partition coefficient (Wildman–Crippen LogP) is 2.33. The van der Waals surface area contributed by atoms with Crippen LogP contribution in [0.25, 0.3) is 10.2 Å². The van der Waals surface area contributed by atoms with Gasteiger partial charge in [-0.05, 0) is 37.5 Å². The minimum atomic E-state index is -0.457. The molecule has 0 radical (unpaired) electrons. The van der Waals surface area contributed by atoms with E-state index in [1.54, 1.807) is 18.4 Å². The Hall–Kier alpha value is -2.15. The van der Waals surface area contributed by atoms with Gasteiger partial charge in [0.2, 0.25) is 11.8 Å². The molecule has 3 heterocycles. The number of ether oxygens (including phenoxy) is 1. The molecule has 2 aliphatic heterocycles. The number of carbonyl (C=O) groups is 2. The fourth-order valence-electron chi connectivity index (χ4n) is 3.60. The smallest absolute Gasteiger partial charge is 0.234 e. The van der Waals surface area contributed by atoms with Crippen molar-refractivity contribution in [2.75, 3.05) is 25.1 Å². The minimum Gasteiger partial charge on any atom is -0.497 e. The van der Waals surface area contributed by atoms with Crippen LogP contribution in [-0.2, 0) is 9.59 Å². The highest BCUT2D eigenvalue weighted by molar-refractivity contribution is 7.22. The van der Waals surface area contributed by atoms with Crippen molar-refractivity contribution in [3.63, 3.8) is 0 Å². The van der Waals surface area contributed by atoms with Gasteiger partial charge in [0.05, 0.1) is 22.7 Å². The second-order valence-electron chi connectivity index (χ2n) is 6.51. The molecule has 0 bridgehead atoms. The summed E-state index contributed by atoms with van der Waals surface area (Å²) < 4.78 is 6.34. The average Bonchev–Trinajstić information content (AvgIpc) is 3.15. The molecule has 0 saturated carbocycles. The largest absolute Gasteiger partial charge is 0.497 e. The van der Waals surface area contributed by atoms with Crippen LogP contribution in [-0.4, -0.2) is 37.0 Å². The lowest BCUT2D eigenvalue weighted by Gasteiger charge is -2.25. The van der Waals surface area contributed by atoms with Gasteiger partial charge >= 0.3 is 0 Å². The Morgan fingerprint density at radius 1 is 1.33 bits per heavy atom. The van der Waals surface area contributed by atoms with E-state index in [-0.39, 0.29) is 11.8 Å². The lowest BCUT2D eigenvalue weighted by atomic mass is 9.82. The summed E-state index contributed by atoms with van der Waals surface area (Å²) >= 11 is 1.61. The Labute approximate surface area is 143 Å². The molecule has 2 saturated heterocycles. The third kappa shape index (κ3) is 2.53. The molecule has 2 aliphatic rings. The first kappa shape index (κ1) is 15.4. The van der Waals surface area contributed by atoms with Gasteiger partial charge in [-0.2, -0.15) is 0 Å². The van der Waals surface area contributed by atoms with Gasteiger partial charge in [0.15, 0.2) is 5.13 Å². The highest BCUT2D eigenvalue weighted by Gasteiger charge is 2.46. The van der Waals surface area contributed by atoms with E-state index in [1.807, 2.05) is 18.2 Å². The zero-order valence-electron chi connectivity index (χ0n) is 13.5. The van der Waals surface area contributed by atoms with Crippen molar-refractivity contribution in [1.82, 2.24) is 10.3 Å². The van der Waals surface area contributed by atoms with Gasteiger partial charge < -0.3 is 9.64 Å². The summed E-state index contributed by atoms with van der Waals surface area (Å²) in [5.74, 6) is 0.551. The lowest BCUT2D eigenvalue weighted by Crippen LogP contribution is -2.43. The highest BCUT2D eigenvalue weighted by Crippen LogP contribution is 2.41. The first-order valence-electron chi connectivity index (χ1n) is 8.13. The molecule has 0 aliphatic carbocycles. The molecule has 2 amide bonds. The van der Waals surface area contributed by atoms with Crippen LogP contribution in [0.15, 0.2) is 18.2 Å². The summed E-state index contributed by atoms with van der Waals surface area (Å²) in [4.78, 5) is 31.0. The number of rotatable bonds is 2. The number of hydrogen-bond donors (Lipinski definition) is 1. The molecule has 2 aromatic rings. The Balaban J connectivity index is 1.60. The average molecular weight is 345 g/mol. The van der Waals surface area contributed by atoms with Crippen LogP contribution in [0.3, 0.4) is 0 Å². The standard InChI is InChI=1S/C17H19N3O3S/c1-23-11-4-5-12-13(9-11)24-16(18-12)20-8-7-17(10-20)6-2-3-14(21)19-15(17)22/h4-5,9H,2-3,6-8,10H2,1H3,(H,19,21,22). The maximum atomic E-state index is 12.5. The number of carbonyl (C=O) groups excluding carboxylic acids is 2. The summed E-state index contributed by atoms with van der Waals surface area (Å²) in [5, 5.41) is 3.48. The second kappa shape index (κ2) is 5.73.